The number of rotatable bonds is 2. The molecule has 0 amide bonds. The Morgan fingerprint density at radius 2 is 1.57 bits per heavy atom. The molecule has 5 heteroatoms. The van der Waals surface area contributed by atoms with E-state index in [0.29, 0.717) is 0 Å². The first-order valence-electron chi connectivity index (χ1n) is 0.943. The van der Waals surface area contributed by atoms with Gasteiger partial charge in [-0.25, -0.2) is 0 Å². The van der Waals surface area contributed by atoms with Gasteiger partial charge in [0.2, 0.25) is 0 Å². The Morgan fingerprint density at radius 3 is 1.57 bits per heavy atom. The van der Waals surface area contributed by atoms with Gasteiger partial charge in [-0.3, -0.25) is 9.59 Å². The molecular weight excluding hydrogens is 103 g/mol. The fraction of sp³-hybridized carbons (Fsp3) is 0. The molecule has 0 aliphatic rings. The van der Waals surface area contributed by atoms with Crippen molar-refractivity contribution in [1.29, 1.82) is 0 Å². The van der Waals surface area contributed by atoms with E-state index in [2.05, 4.69) is 4.74 Å². The van der Waals surface area contributed by atoms with Crippen molar-refractivity contribution in [2.24, 2.45) is 0 Å². The molecule has 0 aliphatic carbocycles. The molecule has 0 fully saturated rings. The molecule has 0 N–H and O–H groups in total. The van der Waals surface area contributed by atoms with Crippen LogP contribution in [-0.4, -0.2) is 36.0 Å². The van der Waals surface area contributed by atoms with Crippen molar-refractivity contribution in [1.82, 2.24) is 0 Å². The van der Waals surface area contributed by atoms with Gasteiger partial charge in [0, 0.05) is 0 Å². The van der Waals surface area contributed by atoms with Crippen LogP contribution in [-0.2, 0) is 14.3 Å². The topological polar surface area (TPSA) is 43.4 Å². The van der Waals surface area contributed by atoms with Crippen molar-refractivity contribution in [3.8, 4) is 0 Å². The fourth-order valence-electron chi connectivity index (χ4n) is 0.0227. The van der Waals surface area contributed by atoms with Crippen molar-refractivity contribution in [3.05, 3.63) is 0 Å². The maximum Gasteiger partial charge on any atom is 2.00 e. The molecule has 3 nitrogen and oxygen atoms in total. The van der Waals surface area contributed by atoms with E-state index in [1.54, 1.807) is 0 Å². The van der Waals surface area contributed by atoms with E-state index in [9.17, 15) is 0 Å². The second kappa shape index (κ2) is 16.0. The number of carbonyl (C=O) groups excluding carboxylic acids is 2. The van der Waals surface area contributed by atoms with Gasteiger partial charge < -0.3 is 9.02 Å². The number of hydrogen-bond donors (Lipinski definition) is 0. The van der Waals surface area contributed by atoms with Gasteiger partial charge in [-0.05, 0) is 0 Å². The average Bonchev–Trinajstić information content (AvgIpc) is 1.41. The van der Waals surface area contributed by atoms with Gasteiger partial charge in [0.25, 0.3) is 0 Å². The molecule has 0 saturated carbocycles. The quantitative estimate of drug-likeness (QED) is 0.208. The molecule has 0 aromatic heterocycles. The summed E-state index contributed by atoms with van der Waals surface area (Å²) in [6.07, 6.45) is 0. The van der Waals surface area contributed by atoms with Gasteiger partial charge >= 0.3 is 54.9 Å². The Labute approximate surface area is 73.6 Å². The Kier molecular flexibility index (Phi) is 35.9. The molecule has 0 bridgehead atoms. The van der Waals surface area contributed by atoms with Gasteiger partial charge in [0.05, 0.1) is 0 Å². The average molecular weight is 108 g/mol. The summed E-state index contributed by atoms with van der Waals surface area (Å²) in [7, 11) is 0. The van der Waals surface area contributed by atoms with E-state index in [-0.39, 0.29) is 59.1 Å². The van der Waals surface area contributed by atoms with E-state index < -0.39 is 0 Å². The van der Waals surface area contributed by atoms with Crippen LogP contribution >= 0.6 is 0 Å². The molecule has 0 radical (unpaired) electrons. The van der Waals surface area contributed by atoms with Crippen LogP contribution in [0.5, 0.6) is 0 Å². The van der Waals surface area contributed by atoms with Gasteiger partial charge in [0.1, 0.15) is 0 Å². The standard InChI is InChI=1S/C2H2O3.Li.Mg.3H/c3-1-5-2-4;;;;;/h1-2H;;;;;/q;+1;+2;3*-1. The van der Waals surface area contributed by atoms with Crippen LogP contribution in [0.2, 0.25) is 0 Å². The summed E-state index contributed by atoms with van der Waals surface area (Å²) in [6, 6.07) is 0. The summed E-state index contributed by atoms with van der Waals surface area (Å²) < 4.78 is 3.47. The van der Waals surface area contributed by atoms with Crippen molar-refractivity contribution in [2.75, 3.05) is 0 Å². The third-order valence-electron chi connectivity index (χ3n) is 0.111. The summed E-state index contributed by atoms with van der Waals surface area (Å²) in [6.45, 7) is 0.125. The van der Waals surface area contributed by atoms with Crippen molar-refractivity contribution >= 4 is 36.0 Å². The second-order valence-corrected chi connectivity index (χ2v) is 0.329. The molecule has 0 aromatic rings. The molecule has 0 atom stereocenters. The van der Waals surface area contributed by atoms with Gasteiger partial charge in [-0.1, -0.05) is 0 Å². The molecule has 0 saturated heterocycles. The molecule has 0 heterocycles. The molecule has 7 heavy (non-hydrogen) atoms. The van der Waals surface area contributed by atoms with E-state index in [1.165, 1.54) is 0 Å². The first-order valence-corrected chi connectivity index (χ1v) is 0.943. The van der Waals surface area contributed by atoms with Crippen LogP contribution < -0.4 is 18.9 Å². The maximum atomic E-state index is 8.95. The SMILES string of the molecule is O=COC=O.[H-].[H-].[H-].[Li+].[Mg+2]. The van der Waals surface area contributed by atoms with Crippen molar-refractivity contribution < 1.29 is 37.5 Å². The zero-order valence-corrected chi connectivity index (χ0v) is 5.50. The minimum absolute atomic E-state index is 0. The summed E-state index contributed by atoms with van der Waals surface area (Å²) >= 11 is 0. The van der Waals surface area contributed by atoms with Crippen LogP contribution in [0.4, 0.5) is 0 Å². The van der Waals surface area contributed by atoms with Crippen molar-refractivity contribution in [2.45, 2.75) is 0 Å². The zero-order valence-electron chi connectivity index (χ0n) is 7.09. The predicted octanol–water partition coefficient (Wildman–Crippen LogP) is -3.72. The molecule has 0 spiro atoms. The number of hydrogen-bond acceptors (Lipinski definition) is 3. The van der Waals surface area contributed by atoms with E-state index in [0.717, 1.165) is 0 Å². The fourth-order valence-corrected chi connectivity index (χ4v) is 0.0227. The summed E-state index contributed by atoms with van der Waals surface area (Å²) in [5.74, 6) is 0. The normalized spacial score (nSPS) is 4.00. The molecule has 34 valence electrons. The Bertz CT molecular complexity index is 51.0. The minimum atomic E-state index is 0. The second-order valence-electron chi connectivity index (χ2n) is 0.329. The van der Waals surface area contributed by atoms with E-state index in [4.69, 9.17) is 9.59 Å². The zero-order chi connectivity index (χ0) is 4.12. The summed E-state index contributed by atoms with van der Waals surface area (Å²) in [4.78, 5) is 17.9. The molecular formula is C2H5LiMgO3. The molecule has 0 aliphatic heterocycles. The van der Waals surface area contributed by atoms with Gasteiger partial charge in [0.15, 0.2) is 0 Å². The van der Waals surface area contributed by atoms with Crippen LogP contribution in [0.15, 0.2) is 0 Å². The molecule has 0 unspecified atom stereocenters. The van der Waals surface area contributed by atoms with Crippen LogP contribution in [0, 0.1) is 0 Å². The first kappa shape index (κ1) is 15.6. The maximum absolute atomic E-state index is 8.95. The van der Waals surface area contributed by atoms with Crippen LogP contribution in [0.1, 0.15) is 4.28 Å². The van der Waals surface area contributed by atoms with Crippen LogP contribution in [0.25, 0.3) is 0 Å². The number of carbonyl (C=O) groups is 2. The third-order valence-corrected chi connectivity index (χ3v) is 0.111. The first-order chi connectivity index (χ1) is 2.41. The summed E-state index contributed by atoms with van der Waals surface area (Å²) in [5.41, 5.74) is 0. The largest absolute Gasteiger partial charge is 2.00 e. The van der Waals surface area contributed by atoms with E-state index >= 15 is 0 Å². The molecule has 0 rings (SSSR count). The van der Waals surface area contributed by atoms with Gasteiger partial charge in [-0.2, -0.15) is 0 Å². The molecule has 0 aromatic carbocycles. The Balaban J connectivity index is -0.00000000800. The third kappa shape index (κ3) is 21.0. The Morgan fingerprint density at radius 1 is 1.29 bits per heavy atom. The predicted molar refractivity (Wildman–Crippen MR) is 22.3 cm³/mol. The van der Waals surface area contributed by atoms with Gasteiger partial charge in [-0.15, -0.1) is 0 Å². The van der Waals surface area contributed by atoms with Crippen molar-refractivity contribution in [3.63, 3.8) is 0 Å². The summed E-state index contributed by atoms with van der Waals surface area (Å²) in [5, 5.41) is 0. The van der Waals surface area contributed by atoms with E-state index in [1.807, 2.05) is 0 Å². The minimum Gasteiger partial charge on any atom is -1.00 e. The number of ether oxygens (including phenoxy) is 1. The monoisotopic (exact) mass is 108 g/mol. The smallest absolute Gasteiger partial charge is 1.00 e. The van der Waals surface area contributed by atoms with Crippen LogP contribution in [0.3, 0.4) is 0 Å². The Hall–Kier alpha value is 0.504.